The number of aliphatic hydroxyl groups excluding tert-OH is 1. The fourth-order valence-corrected chi connectivity index (χ4v) is 3.55. The van der Waals surface area contributed by atoms with Crippen LogP contribution in [0.1, 0.15) is 12.0 Å². The minimum atomic E-state index is 0.233. The fraction of sp³-hybridized carbons (Fsp3) is 0.571. The maximum Gasteiger partial charge on any atom is 0.119 e. The van der Waals surface area contributed by atoms with Crippen LogP contribution in [0.2, 0.25) is 0 Å². The molecule has 1 aliphatic rings. The first-order valence-corrected chi connectivity index (χ1v) is 7.33. The van der Waals surface area contributed by atoms with Crippen LogP contribution in [0.5, 0.6) is 5.75 Å². The van der Waals surface area contributed by atoms with Crippen LogP contribution in [0.25, 0.3) is 0 Å². The molecule has 2 atom stereocenters. The van der Waals surface area contributed by atoms with Crippen molar-refractivity contribution in [3.05, 3.63) is 29.8 Å². The summed E-state index contributed by atoms with van der Waals surface area (Å²) in [6, 6.07) is 8.08. The average molecular weight is 252 g/mol. The Balaban J connectivity index is 1.87. The van der Waals surface area contributed by atoms with E-state index >= 15 is 0 Å². The van der Waals surface area contributed by atoms with E-state index in [0.29, 0.717) is 12.5 Å². The minimum Gasteiger partial charge on any atom is -0.493 e. The number of rotatable bonds is 5. The Morgan fingerprint density at radius 2 is 2.41 bits per heavy atom. The first-order valence-electron chi connectivity index (χ1n) is 6.17. The quantitative estimate of drug-likeness (QED) is 0.873. The third-order valence-corrected chi connectivity index (χ3v) is 4.51. The van der Waals surface area contributed by atoms with Crippen LogP contribution in [0.4, 0.5) is 0 Å². The van der Waals surface area contributed by atoms with Gasteiger partial charge in [-0.2, -0.15) is 11.8 Å². The summed E-state index contributed by atoms with van der Waals surface area (Å²) in [6.45, 7) is 2.92. The molecule has 1 saturated heterocycles. The van der Waals surface area contributed by atoms with Gasteiger partial charge in [0.1, 0.15) is 5.75 Å². The Labute approximate surface area is 107 Å². The second-order valence-electron chi connectivity index (χ2n) is 4.69. The van der Waals surface area contributed by atoms with Crippen molar-refractivity contribution in [2.24, 2.45) is 11.8 Å². The summed E-state index contributed by atoms with van der Waals surface area (Å²) in [7, 11) is 0. The van der Waals surface area contributed by atoms with E-state index in [-0.39, 0.29) is 12.5 Å². The molecule has 94 valence electrons. The largest absolute Gasteiger partial charge is 0.493 e. The van der Waals surface area contributed by atoms with Crippen LogP contribution in [0.15, 0.2) is 24.3 Å². The predicted octanol–water partition coefficient (Wildman–Crippen LogP) is 2.74. The van der Waals surface area contributed by atoms with E-state index < -0.39 is 0 Å². The van der Waals surface area contributed by atoms with Crippen molar-refractivity contribution in [3.63, 3.8) is 0 Å². The molecular formula is C14H20O2S. The van der Waals surface area contributed by atoms with Crippen molar-refractivity contribution < 1.29 is 9.84 Å². The molecule has 0 spiro atoms. The molecule has 0 aromatic heterocycles. The van der Waals surface area contributed by atoms with Crippen LogP contribution < -0.4 is 4.74 Å². The lowest BCUT2D eigenvalue weighted by Gasteiger charge is -2.21. The van der Waals surface area contributed by atoms with Crippen LogP contribution >= 0.6 is 11.8 Å². The highest BCUT2D eigenvalue weighted by molar-refractivity contribution is 7.99. The zero-order valence-corrected chi connectivity index (χ0v) is 11.1. The van der Waals surface area contributed by atoms with Gasteiger partial charge in [-0.05, 0) is 48.5 Å². The lowest BCUT2D eigenvalue weighted by atomic mass is 9.93. The molecule has 1 aromatic rings. The molecule has 2 nitrogen and oxygen atoms in total. The van der Waals surface area contributed by atoms with Gasteiger partial charge < -0.3 is 9.84 Å². The first-order chi connectivity index (χ1) is 8.29. The summed E-state index contributed by atoms with van der Waals surface area (Å²) >= 11 is 1.98. The third-order valence-electron chi connectivity index (χ3n) is 3.32. The Morgan fingerprint density at radius 3 is 3.06 bits per heavy atom. The second-order valence-corrected chi connectivity index (χ2v) is 5.84. The maximum atomic E-state index is 9.43. The molecule has 1 heterocycles. The molecule has 1 aromatic carbocycles. The van der Waals surface area contributed by atoms with Crippen molar-refractivity contribution in [3.8, 4) is 5.75 Å². The van der Waals surface area contributed by atoms with E-state index in [9.17, 15) is 5.11 Å². The zero-order valence-electron chi connectivity index (χ0n) is 10.3. The van der Waals surface area contributed by atoms with Crippen molar-refractivity contribution in [2.75, 3.05) is 24.7 Å². The molecule has 2 unspecified atom stereocenters. The van der Waals surface area contributed by atoms with E-state index in [1.807, 2.05) is 30.0 Å². The van der Waals surface area contributed by atoms with E-state index in [4.69, 9.17) is 4.74 Å². The lowest BCUT2D eigenvalue weighted by molar-refractivity contribution is 0.126. The SMILES string of the molecule is Cc1cccc(OCC(CO)C2CCSC2)c1. The van der Waals surface area contributed by atoms with Crippen molar-refractivity contribution >= 4 is 11.8 Å². The Bertz CT molecular complexity index is 348. The highest BCUT2D eigenvalue weighted by Gasteiger charge is 2.25. The maximum absolute atomic E-state index is 9.43. The number of aryl methyl sites for hydroxylation is 1. The second kappa shape index (κ2) is 6.31. The minimum absolute atomic E-state index is 0.233. The van der Waals surface area contributed by atoms with Crippen LogP contribution in [-0.2, 0) is 0 Å². The van der Waals surface area contributed by atoms with E-state index in [1.165, 1.54) is 23.5 Å². The molecule has 3 heteroatoms. The standard InChI is InChI=1S/C14H20O2S/c1-11-3-2-4-14(7-11)16-9-13(8-15)12-5-6-17-10-12/h2-4,7,12-13,15H,5-6,8-10H2,1H3. The fourth-order valence-electron chi connectivity index (χ4n) is 2.17. The summed E-state index contributed by atoms with van der Waals surface area (Å²) in [4.78, 5) is 0. The molecule has 0 saturated carbocycles. The van der Waals surface area contributed by atoms with Gasteiger partial charge in [0.25, 0.3) is 0 Å². The Hall–Kier alpha value is -0.670. The van der Waals surface area contributed by atoms with Crippen molar-refractivity contribution in [2.45, 2.75) is 13.3 Å². The molecule has 1 fully saturated rings. The number of benzene rings is 1. The molecule has 0 aliphatic carbocycles. The van der Waals surface area contributed by atoms with Crippen LogP contribution in [0, 0.1) is 18.8 Å². The molecule has 17 heavy (non-hydrogen) atoms. The molecule has 1 aliphatic heterocycles. The molecule has 1 N–H and O–H groups in total. The van der Waals surface area contributed by atoms with Gasteiger partial charge in [-0.15, -0.1) is 0 Å². The van der Waals surface area contributed by atoms with Gasteiger partial charge in [-0.25, -0.2) is 0 Å². The topological polar surface area (TPSA) is 29.5 Å². The number of hydrogen-bond donors (Lipinski definition) is 1. The molecule has 0 bridgehead atoms. The van der Waals surface area contributed by atoms with Gasteiger partial charge in [0.05, 0.1) is 6.61 Å². The molecular weight excluding hydrogens is 232 g/mol. The molecule has 0 amide bonds. The van der Waals surface area contributed by atoms with Gasteiger partial charge in [0.15, 0.2) is 0 Å². The summed E-state index contributed by atoms with van der Waals surface area (Å²) < 4.78 is 5.78. The number of hydrogen-bond acceptors (Lipinski definition) is 3. The van der Waals surface area contributed by atoms with Gasteiger partial charge >= 0.3 is 0 Å². The highest BCUT2D eigenvalue weighted by Crippen LogP contribution is 2.30. The lowest BCUT2D eigenvalue weighted by Crippen LogP contribution is -2.25. The smallest absolute Gasteiger partial charge is 0.119 e. The normalized spacial score (nSPS) is 21.4. The van der Waals surface area contributed by atoms with Gasteiger partial charge in [0, 0.05) is 12.5 Å². The van der Waals surface area contributed by atoms with E-state index in [0.717, 1.165) is 5.75 Å². The molecule has 0 radical (unpaired) electrons. The van der Waals surface area contributed by atoms with E-state index in [1.54, 1.807) is 0 Å². The number of ether oxygens (including phenoxy) is 1. The zero-order chi connectivity index (χ0) is 12.1. The first kappa shape index (κ1) is 12.8. The van der Waals surface area contributed by atoms with Crippen LogP contribution in [0.3, 0.4) is 0 Å². The molecule has 2 rings (SSSR count). The summed E-state index contributed by atoms with van der Waals surface area (Å²) in [5, 5.41) is 9.43. The predicted molar refractivity (Wildman–Crippen MR) is 72.7 cm³/mol. The number of aliphatic hydroxyl groups is 1. The summed E-state index contributed by atoms with van der Waals surface area (Å²) in [6.07, 6.45) is 1.22. The summed E-state index contributed by atoms with van der Waals surface area (Å²) in [5.74, 6) is 4.21. The van der Waals surface area contributed by atoms with Crippen LogP contribution in [-0.4, -0.2) is 29.8 Å². The monoisotopic (exact) mass is 252 g/mol. The van der Waals surface area contributed by atoms with E-state index in [2.05, 4.69) is 13.0 Å². The third kappa shape index (κ3) is 3.65. The average Bonchev–Trinajstić information content (AvgIpc) is 2.84. The summed E-state index contributed by atoms with van der Waals surface area (Å²) in [5.41, 5.74) is 1.21. The Kier molecular flexibility index (Phi) is 4.75. The van der Waals surface area contributed by atoms with Gasteiger partial charge in [-0.1, -0.05) is 12.1 Å². The van der Waals surface area contributed by atoms with Gasteiger partial charge in [0.2, 0.25) is 0 Å². The van der Waals surface area contributed by atoms with Crippen molar-refractivity contribution in [1.29, 1.82) is 0 Å². The van der Waals surface area contributed by atoms with Crippen molar-refractivity contribution in [1.82, 2.24) is 0 Å². The van der Waals surface area contributed by atoms with Gasteiger partial charge in [-0.3, -0.25) is 0 Å². The Morgan fingerprint density at radius 1 is 1.53 bits per heavy atom. The highest BCUT2D eigenvalue weighted by atomic mass is 32.2. The number of thioether (sulfide) groups is 1.